The lowest BCUT2D eigenvalue weighted by atomic mass is 10.2. The van der Waals surface area contributed by atoms with Gasteiger partial charge in [-0.05, 0) is 27.7 Å². The quantitative estimate of drug-likeness (QED) is 0.471. The second kappa shape index (κ2) is 13.0. The molecule has 144 valence electrons. The Balaban J connectivity index is 1.89. The van der Waals surface area contributed by atoms with Crippen LogP contribution in [-0.2, 0) is 18.9 Å². The summed E-state index contributed by atoms with van der Waals surface area (Å²) in [4.78, 5) is 4.95. The van der Waals surface area contributed by atoms with Gasteiger partial charge < -0.3 is 18.9 Å². The van der Waals surface area contributed by atoms with Gasteiger partial charge >= 0.3 is 0 Å². The van der Waals surface area contributed by atoms with Crippen LogP contribution in [0.3, 0.4) is 0 Å². The summed E-state index contributed by atoms with van der Waals surface area (Å²) in [6.07, 6.45) is 0. The van der Waals surface area contributed by atoms with E-state index in [1.165, 1.54) is 0 Å². The predicted octanol–water partition coefficient (Wildman–Crippen LogP) is 1.49. The summed E-state index contributed by atoms with van der Waals surface area (Å²) >= 11 is 0. The van der Waals surface area contributed by atoms with Gasteiger partial charge in [-0.3, -0.25) is 9.80 Å². The molecule has 6 heteroatoms. The van der Waals surface area contributed by atoms with Crippen molar-refractivity contribution >= 4 is 0 Å². The number of piperazine rings is 1. The van der Waals surface area contributed by atoms with Gasteiger partial charge in [0.1, 0.15) is 0 Å². The summed E-state index contributed by atoms with van der Waals surface area (Å²) in [7, 11) is 0. The molecule has 1 heterocycles. The Morgan fingerprint density at radius 3 is 1.62 bits per heavy atom. The van der Waals surface area contributed by atoms with Crippen LogP contribution in [0.15, 0.2) is 0 Å². The minimum absolute atomic E-state index is 0.0358. The molecule has 1 aliphatic heterocycles. The van der Waals surface area contributed by atoms with Crippen molar-refractivity contribution in [3.8, 4) is 0 Å². The molecule has 24 heavy (non-hydrogen) atoms. The number of hydrogen-bond donors (Lipinski definition) is 0. The van der Waals surface area contributed by atoms with Gasteiger partial charge in [-0.15, -0.1) is 0 Å². The molecule has 1 saturated heterocycles. The summed E-state index contributed by atoms with van der Waals surface area (Å²) in [5.74, 6) is 0. The Labute approximate surface area is 148 Å². The van der Waals surface area contributed by atoms with E-state index >= 15 is 0 Å². The Morgan fingerprint density at radius 2 is 1.12 bits per heavy atom. The predicted molar refractivity (Wildman–Crippen MR) is 96.7 cm³/mol. The molecule has 0 spiro atoms. The lowest BCUT2D eigenvalue weighted by molar-refractivity contribution is -0.0197. The van der Waals surface area contributed by atoms with Gasteiger partial charge in [0, 0.05) is 45.9 Å². The summed E-state index contributed by atoms with van der Waals surface area (Å²) in [5, 5.41) is 0. The molecule has 0 amide bonds. The summed E-state index contributed by atoms with van der Waals surface area (Å²) in [6, 6.07) is 0. The molecular formula is C18H38N2O4. The van der Waals surface area contributed by atoms with Crippen LogP contribution in [0.2, 0.25) is 0 Å². The molecule has 1 aliphatic rings. The standard InChI is InChI=1S/C18H38N2O4/c1-5-21-14-15-23-17-16-22-12-10-19-6-8-20(9-7-19)11-13-24-18(2,3)4/h5-17H2,1-4H3. The molecule has 0 aliphatic carbocycles. The first kappa shape index (κ1) is 21.8. The minimum atomic E-state index is -0.0358. The van der Waals surface area contributed by atoms with Gasteiger partial charge in [-0.1, -0.05) is 0 Å². The zero-order valence-electron chi connectivity index (χ0n) is 16.2. The van der Waals surface area contributed by atoms with Crippen molar-refractivity contribution in [3.05, 3.63) is 0 Å². The number of nitrogens with zero attached hydrogens (tertiary/aromatic N) is 2. The van der Waals surface area contributed by atoms with Crippen LogP contribution in [0, 0.1) is 0 Å². The zero-order valence-corrected chi connectivity index (χ0v) is 16.2. The van der Waals surface area contributed by atoms with Gasteiger partial charge in [0.2, 0.25) is 0 Å². The maximum absolute atomic E-state index is 5.80. The Kier molecular flexibility index (Phi) is 11.8. The first-order valence-electron chi connectivity index (χ1n) is 9.33. The fourth-order valence-corrected chi connectivity index (χ4v) is 2.50. The van der Waals surface area contributed by atoms with Gasteiger partial charge in [-0.25, -0.2) is 0 Å². The highest BCUT2D eigenvalue weighted by Gasteiger charge is 2.17. The molecule has 0 N–H and O–H groups in total. The molecule has 0 aromatic carbocycles. The maximum atomic E-state index is 5.80. The van der Waals surface area contributed by atoms with Gasteiger partial charge in [-0.2, -0.15) is 0 Å². The second-order valence-electron chi connectivity index (χ2n) is 7.07. The van der Waals surface area contributed by atoms with E-state index in [2.05, 4.69) is 30.6 Å². The third-order valence-corrected chi connectivity index (χ3v) is 3.91. The van der Waals surface area contributed by atoms with Crippen LogP contribution in [0.5, 0.6) is 0 Å². The van der Waals surface area contributed by atoms with Crippen molar-refractivity contribution in [3.63, 3.8) is 0 Å². The normalized spacial score (nSPS) is 17.5. The van der Waals surface area contributed by atoms with E-state index in [4.69, 9.17) is 18.9 Å². The first-order chi connectivity index (χ1) is 11.5. The van der Waals surface area contributed by atoms with E-state index in [0.717, 1.165) is 59.1 Å². The third kappa shape index (κ3) is 12.2. The van der Waals surface area contributed by atoms with Crippen LogP contribution in [0.1, 0.15) is 27.7 Å². The van der Waals surface area contributed by atoms with Gasteiger partial charge in [0.25, 0.3) is 0 Å². The zero-order chi connectivity index (χ0) is 17.7. The van der Waals surface area contributed by atoms with E-state index in [-0.39, 0.29) is 5.60 Å². The summed E-state index contributed by atoms with van der Waals surface area (Å²) in [6.45, 7) is 19.8. The molecule has 0 saturated carbocycles. The molecule has 0 bridgehead atoms. The Bertz CT molecular complexity index is 289. The first-order valence-corrected chi connectivity index (χ1v) is 9.33. The third-order valence-electron chi connectivity index (χ3n) is 3.91. The van der Waals surface area contributed by atoms with Crippen LogP contribution >= 0.6 is 0 Å². The Hall–Kier alpha value is -0.240. The molecular weight excluding hydrogens is 308 g/mol. The van der Waals surface area contributed by atoms with Gasteiger partial charge in [0.05, 0.1) is 45.2 Å². The van der Waals surface area contributed by atoms with Crippen molar-refractivity contribution < 1.29 is 18.9 Å². The van der Waals surface area contributed by atoms with Crippen molar-refractivity contribution in [2.45, 2.75) is 33.3 Å². The van der Waals surface area contributed by atoms with Crippen molar-refractivity contribution in [2.75, 3.05) is 85.5 Å². The smallest absolute Gasteiger partial charge is 0.0701 e. The van der Waals surface area contributed by atoms with E-state index < -0.39 is 0 Å². The van der Waals surface area contributed by atoms with Crippen molar-refractivity contribution in [1.82, 2.24) is 9.80 Å². The highest BCUT2D eigenvalue weighted by molar-refractivity contribution is 4.72. The molecule has 0 atom stereocenters. The highest BCUT2D eigenvalue weighted by Crippen LogP contribution is 2.07. The average Bonchev–Trinajstić information content (AvgIpc) is 2.53. The monoisotopic (exact) mass is 346 g/mol. The lowest BCUT2D eigenvalue weighted by Gasteiger charge is -2.35. The fraction of sp³-hybridized carbons (Fsp3) is 1.00. The number of ether oxygens (including phenoxy) is 4. The van der Waals surface area contributed by atoms with Crippen LogP contribution in [0.25, 0.3) is 0 Å². The Morgan fingerprint density at radius 1 is 0.667 bits per heavy atom. The minimum Gasteiger partial charge on any atom is -0.379 e. The molecule has 1 rings (SSSR count). The van der Waals surface area contributed by atoms with Crippen LogP contribution in [-0.4, -0.2) is 101 Å². The lowest BCUT2D eigenvalue weighted by Crippen LogP contribution is -2.48. The molecule has 1 fully saturated rings. The molecule has 0 aromatic heterocycles. The second-order valence-corrected chi connectivity index (χ2v) is 7.07. The summed E-state index contributed by atoms with van der Waals surface area (Å²) in [5.41, 5.74) is -0.0358. The fourth-order valence-electron chi connectivity index (χ4n) is 2.50. The van der Waals surface area contributed by atoms with E-state index in [1.807, 2.05) is 6.92 Å². The molecule has 0 aromatic rings. The van der Waals surface area contributed by atoms with Crippen LogP contribution in [0.4, 0.5) is 0 Å². The van der Waals surface area contributed by atoms with Crippen LogP contribution < -0.4 is 0 Å². The number of rotatable bonds is 13. The largest absolute Gasteiger partial charge is 0.379 e. The van der Waals surface area contributed by atoms with Crippen molar-refractivity contribution in [2.24, 2.45) is 0 Å². The van der Waals surface area contributed by atoms with Gasteiger partial charge in [0.15, 0.2) is 0 Å². The molecule has 0 radical (unpaired) electrons. The van der Waals surface area contributed by atoms with E-state index in [0.29, 0.717) is 26.4 Å². The van der Waals surface area contributed by atoms with Crippen molar-refractivity contribution in [1.29, 1.82) is 0 Å². The number of hydrogen-bond acceptors (Lipinski definition) is 6. The maximum Gasteiger partial charge on any atom is 0.0701 e. The molecule has 6 nitrogen and oxygen atoms in total. The average molecular weight is 347 g/mol. The summed E-state index contributed by atoms with van der Waals surface area (Å²) < 4.78 is 22.1. The van der Waals surface area contributed by atoms with E-state index in [9.17, 15) is 0 Å². The highest BCUT2D eigenvalue weighted by atomic mass is 16.5. The SMILES string of the molecule is CCOCCOCCOCCN1CCN(CCOC(C)(C)C)CC1. The topological polar surface area (TPSA) is 43.4 Å². The molecule has 0 unspecified atom stereocenters. The van der Waals surface area contributed by atoms with E-state index in [1.54, 1.807) is 0 Å².